The number of hydrogen-bond acceptors (Lipinski definition) is 2. The molecule has 0 aliphatic heterocycles. The molecule has 0 bridgehead atoms. The number of carbonyl (C=O) groups is 1. The summed E-state index contributed by atoms with van der Waals surface area (Å²) in [6.45, 7) is 5.84. The van der Waals surface area contributed by atoms with Crippen LogP contribution in [0, 0.1) is 13.8 Å². The van der Waals surface area contributed by atoms with Crippen molar-refractivity contribution in [3.63, 3.8) is 0 Å². The Kier molecular flexibility index (Phi) is 3.56. The van der Waals surface area contributed by atoms with Crippen molar-refractivity contribution in [2.45, 2.75) is 33.1 Å². The lowest BCUT2D eigenvalue weighted by Crippen LogP contribution is -2.03. The Bertz CT molecular complexity index is 357. The maximum absolute atomic E-state index is 10.6. The maximum atomic E-state index is 10.6. The molecule has 0 spiro atoms. The Morgan fingerprint density at radius 1 is 1.50 bits per heavy atom. The Morgan fingerprint density at radius 2 is 2.07 bits per heavy atom. The fraction of sp³-hybridized carbons (Fsp3) is 0.500. The third kappa shape index (κ3) is 2.28. The van der Waals surface area contributed by atoms with E-state index in [4.69, 9.17) is 16.7 Å². The molecule has 0 aromatic carbocycles. The number of thiophene rings is 1. The second kappa shape index (κ2) is 4.32. The standard InChI is InChI=1S/C10H13ClO2S/c1-5(4-8(12)13)9-6(2)14-7(3)10(9)11/h5H,4H2,1-3H3,(H,12,13). The fourth-order valence-corrected chi connectivity index (χ4v) is 3.17. The summed E-state index contributed by atoms with van der Waals surface area (Å²) in [5, 5.41) is 9.43. The lowest BCUT2D eigenvalue weighted by molar-refractivity contribution is -0.137. The number of aliphatic carboxylic acids is 1. The van der Waals surface area contributed by atoms with Crippen LogP contribution in [0.5, 0.6) is 0 Å². The molecule has 0 aliphatic carbocycles. The Hall–Kier alpha value is -0.540. The lowest BCUT2D eigenvalue weighted by atomic mass is 9.98. The van der Waals surface area contributed by atoms with Gasteiger partial charge in [0.2, 0.25) is 0 Å². The van der Waals surface area contributed by atoms with Crippen LogP contribution in [-0.2, 0) is 4.79 Å². The van der Waals surface area contributed by atoms with Crippen molar-refractivity contribution in [3.8, 4) is 0 Å². The summed E-state index contributed by atoms with van der Waals surface area (Å²) in [5.74, 6) is -0.790. The number of hydrogen-bond donors (Lipinski definition) is 1. The normalized spacial score (nSPS) is 12.9. The molecule has 0 saturated heterocycles. The highest BCUT2D eigenvalue weighted by molar-refractivity contribution is 7.12. The summed E-state index contributed by atoms with van der Waals surface area (Å²) in [4.78, 5) is 12.8. The van der Waals surface area contributed by atoms with Crippen molar-refractivity contribution < 1.29 is 9.90 Å². The number of carboxylic acids is 1. The van der Waals surface area contributed by atoms with E-state index in [1.54, 1.807) is 11.3 Å². The first-order chi connectivity index (χ1) is 6.43. The van der Waals surface area contributed by atoms with Gasteiger partial charge < -0.3 is 5.11 Å². The molecule has 0 aliphatic rings. The van der Waals surface area contributed by atoms with Gasteiger partial charge in [0.05, 0.1) is 11.4 Å². The molecule has 1 aromatic heterocycles. The molecule has 0 radical (unpaired) electrons. The van der Waals surface area contributed by atoms with E-state index in [0.717, 1.165) is 20.3 Å². The summed E-state index contributed by atoms with van der Waals surface area (Å²) in [6, 6.07) is 0. The molecule has 1 atom stereocenters. The highest BCUT2D eigenvalue weighted by Gasteiger charge is 2.19. The van der Waals surface area contributed by atoms with E-state index in [1.807, 2.05) is 20.8 Å². The van der Waals surface area contributed by atoms with Crippen LogP contribution in [0.25, 0.3) is 0 Å². The van der Waals surface area contributed by atoms with Crippen molar-refractivity contribution >= 4 is 28.9 Å². The highest BCUT2D eigenvalue weighted by Crippen LogP contribution is 2.37. The summed E-state index contributed by atoms with van der Waals surface area (Å²) in [5.41, 5.74) is 0.997. The molecular weight excluding hydrogens is 220 g/mol. The van der Waals surface area contributed by atoms with Crippen LogP contribution >= 0.6 is 22.9 Å². The van der Waals surface area contributed by atoms with Gasteiger partial charge in [-0.25, -0.2) is 0 Å². The predicted octanol–water partition coefficient (Wildman–Crippen LogP) is 3.60. The third-order valence-corrected chi connectivity index (χ3v) is 3.84. The van der Waals surface area contributed by atoms with Crippen molar-refractivity contribution in [2.24, 2.45) is 0 Å². The molecule has 0 fully saturated rings. The molecule has 1 unspecified atom stereocenters. The number of aryl methyl sites for hydroxylation is 2. The monoisotopic (exact) mass is 232 g/mol. The number of rotatable bonds is 3. The Balaban J connectivity index is 2.99. The molecule has 1 rings (SSSR count). The van der Waals surface area contributed by atoms with Crippen LogP contribution in [0.4, 0.5) is 0 Å². The lowest BCUT2D eigenvalue weighted by Gasteiger charge is -2.09. The number of carboxylic acid groups (broad SMARTS) is 1. The summed E-state index contributed by atoms with van der Waals surface area (Å²) in [7, 11) is 0. The van der Waals surface area contributed by atoms with Crippen LogP contribution in [0.15, 0.2) is 0 Å². The molecule has 2 nitrogen and oxygen atoms in total. The van der Waals surface area contributed by atoms with E-state index in [-0.39, 0.29) is 12.3 Å². The third-order valence-electron chi connectivity index (χ3n) is 2.20. The van der Waals surface area contributed by atoms with Gasteiger partial charge in [-0.2, -0.15) is 0 Å². The first kappa shape index (κ1) is 11.5. The van der Waals surface area contributed by atoms with E-state index >= 15 is 0 Å². The Morgan fingerprint density at radius 3 is 2.43 bits per heavy atom. The molecule has 14 heavy (non-hydrogen) atoms. The van der Waals surface area contributed by atoms with E-state index in [0.29, 0.717) is 0 Å². The molecular formula is C10H13ClO2S. The zero-order valence-electron chi connectivity index (χ0n) is 8.43. The first-order valence-electron chi connectivity index (χ1n) is 4.40. The van der Waals surface area contributed by atoms with Gasteiger partial charge in [0.15, 0.2) is 0 Å². The van der Waals surface area contributed by atoms with Gasteiger partial charge in [-0.05, 0) is 25.3 Å². The van der Waals surface area contributed by atoms with Gasteiger partial charge in [-0.1, -0.05) is 18.5 Å². The largest absolute Gasteiger partial charge is 0.481 e. The summed E-state index contributed by atoms with van der Waals surface area (Å²) >= 11 is 7.74. The van der Waals surface area contributed by atoms with Crippen molar-refractivity contribution in [1.82, 2.24) is 0 Å². The van der Waals surface area contributed by atoms with E-state index in [1.165, 1.54) is 0 Å². The molecule has 0 saturated carbocycles. The molecule has 0 amide bonds. The summed E-state index contributed by atoms with van der Waals surface area (Å²) in [6.07, 6.45) is 0.136. The SMILES string of the molecule is Cc1sc(C)c(C(C)CC(=O)O)c1Cl. The molecule has 78 valence electrons. The zero-order valence-corrected chi connectivity index (χ0v) is 10.00. The average molecular weight is 233 g/mol. The molecule has 4 heteroatoms. The second-order valence-electron chi connectivity index (χ2n) is 3.44. The van der Waals surface area contributed by atoms with E-state index in [9.17, 15) is 4.79 Å². The van der Waals surface area contributed by atoms with Gasteiger partial charge in [0.25, 0.3) is 0 Å². The second-order valence-corrected chi connectivity index (χ2v) is 5.25. The van der Waals surface area contributed by atoms with Crippen molar-refractivity contribution in [1.29, 1.82) is 0 Å². The van der Waals surface area contributed by atoms with Gasteiger partial charge in [-0.3, -0.25) is 4.79 Å². The van der Waals surface area contributed by atoms with Gasteiger partial charge >= 0.3 is 5.97 Å². The highest BCUT2D eigenvalue weighted by atomic mass is 35.5. The van der Waals surface area contributed by atoms with Crippen LogP contribution in [-0.4, -0.2) is 11.1 Å². The summed E-state index contributed by atoms with van der Waals surface area (Å²) < 4.78 is 0. The van der Waals surface area contributed by atoms with Gasteiger partial charge in [0.1, 0.15) is 0 Å². The average Bonchev–Trinajstić information content (AvgIpc) is 2.25. The zero-order chi connectivity index (χ0) is 10.9. The minimum absolute atomic E-state index is 0.00931. The van der Waals surface area contributed by atoms with Crippen LogP contribution in [0.1, 0.15) is 34.6 Å². The van der Waals surface area contributed by atoms with Crippen LogP contribution in [0.2, 0.25) is 5.02 Å². The van der Waals surface area contributed by atoms with Gasteiger partial charge in [0, 0.05) is 9.75 Å². The minimum Gasteiger partial charge on any atom is -0.481 e. The van der Waals surface area contributed by atoms with Crippen molar-refractivity contribution in [2.75, 3.05) is 0 Å². The smallest absolute Gasteiger partial charge is 0.303 e. The predicted molar refractivity (Wildman–Crippen MR) is 59.5 cm³/mol. The molecule has 1 aromatic rings. The number of halogens is 1. The van der Waals surface area contributed by atoms with E-state index < -0.39 is 5.97 Å². The Labute approximate surface area is 92.5 Å². The first-order valence-corrected chi connectivity index (χ1v) is 5.60. The molecule has 1 N–H and O–H groups in total. The van der Waals surface area contributed by atoms with Gasteiger partial charge in [-0.15, -0.1) is 11.3 Å². The topological polar surface area (TPSA) is 37.3 Å². The van der Waals surface area contributed by atoms with Crippen molar-refractivity contribution in [3.05, 3.63) is 20.3 Å². The van der Waals surface area contributed by atoms with Crippen LogP contribution in [0.3, 0.4) is 0 Å². The van der Waals surface area contributed by atoms with E-state index in [2.05, 4.69) is 0 Å². The maximum Gasteiger partial charge on any atom is 0.303 e. The fourth-order valence-electron chi connectivity index (χ4n) is 1.60. The quantitative estimate of drug-likeness (QED) is 0.865. The van der Waals surface area contributed by atoms with Crippen LogP contribution < -0.4 is 0 Å². The minimum atomic E-state index is -0.781. The molecule has 1 heterocycles.